The standard InChI is InChI=1S/C13H9ClN2O5S2/c1-6(21-7(2)17)11-12(18)16-9-5-8(14)3-4-10(9)23(19,20)15-13(16)22-11/h3-5H,1-2H3/b11-6-. The molecule has 1 aliphatic heterocycles. The van der Waals surface area contributed by atoms with E-state index in [1.165, 1.54) is 32.0 Å². The van der Waals surface area contributed by atoms with Crippen molar-refractivity contribution in [1.29, 1.82) is 0 Å². The van der Waals surface area contributed by atoms with Gasteiger partial charge in [-0.3, -0.25) is 9.59 Å². The molecule has 0 unspecified atom stereocenters. The molecule has 0 spiro atoms. The molecule has 1 aliphatic rings. The van der Waals surface area contributed by atoms with E-state index in [9.17, 15) is 18.0 Å². The number of halogens is 1. The third-order valence-corrected chi connectivity index (χ3v) is 5.82. The lowest BCUT2D eigenvalue weighted by molar-refractivity contribution is -0.134. The van der Waals surface area contributed by atoms with Gasteiger partial charge < -0.3 is 4.74 Å². The van der Waals surface area contributed by atoms with Crippen molar-refractivity contribution in [2.24, 2.45) is 4.40 Å². The predicted molar refractivity (Wildman–Crippen MR) is 83.7 cm³/mol. The molecule has 2 aromatic rings. The van der Waals surface area contributed by atoms with Crippen LogP contribution in [-0.4, -0.2) is 19.0 Å². The number of benzene rings is 1. The van der Waals surface area contributed by atoms with Gasteiger partial charge in [0.1, 0.15) is 15.2 Å². The quantitative estimate of drug-likeness (QED) is 0.682. The number of aromatic nitrogens is 1. The molecular formula is C13H9ClN2O5S2. The molecule has 0 N–H and O–H groups in total. The van der Waals surface area contributed by atoms with Gasteiger partial charge in [0.2, 0.25) is 4.80 Å². The van der Waals surface area contributed by atoms with E-state index in [4.69, 9.17) is 16.3 Å². The predicted octanol–water partition coefficient (Wildman–Crippen LogP) is 0.565. The van der Waals surface area contributed by atoms with Gasteiger partial charge in [0, 0.05) is 11.9 Å². The van der Waals surface area contributed by atoms with Crippen molar-refractivity contribution in [3.63, 3.8) is 0 Å². The molecule has 0 saturated carbocycles. The molecule has 0 bridgehead atoms. The van der Waals surface area contributed by atoms with Crippen LogP contribution in [0, 0.1) is 0 Å². The fourth-order valence-corrected chi connectivity index (χ4v) is 4.63. The molecular weight excluding hydrogens is 364 g/mol. The second-order valence-corrected chi connectivity index (χ2v) is 7.67. The molecule has 10 heteroatoms. The van der Waals surface area contributed by atoms with Crippen molar-refractivity contribution in [3.05, 3.63) is 42.9 Å². The van der Waals surface area contributed by atoms with Gasteiger partial charge in [0.25, 0.3) is 15.6 Å². The Labute approximate surface area is 139 Å². The smallest absolute Gasteiger partial charge is 0.307 e. The SMILES string of the molecule is CC(=O)O/C(C)=c1\sc2n(c1=O)-c1cc(Cl)ccc1S(=O)(=O)N=2. The number of esters is 1. The summed E-state index contributed by atoms with van der Waals surface area (Å²) in [6.07, 6.45) is 0. The molecule has 0 fully saturated rings. The third kappa shape index (κ3) is 2.60. The summed E-state index contributed by atoms with van der Waals surface area (Å²) in [5.74, 6) is -0.489. The van der Waals surface area contributed by atoms with E-state index in [1.54, 1.807) is 0 Å². The molecule has 0 saturated heterocycles. The van der Waals surface area contributed by atoms with Crippen molar-refractivity contribution in [2.75, 3.05) is 0 Å². The largest absolute Gasteiger partial charge is 0.430 e. The van der Waals surface area contributed by atoms with Crippen LogP contribution in [0.1, 0.15) is 13.8 Å². The van der Waals surface area contributed by atoms with E-state index in [0.29, 0.717) is 0 Å². The van der Waals surface area contributed by atoms with E-state index in [1.807, 2.05) is 0 Å². The first-order valence-corrected chi connectivity index (χ1v) is 8.90. The Morgan fingerprint density at radius 1 is 1.35 bits per heavy atom. The summed E-state index contributed by atoms with van der Waals surface area (Å²) < 4.78 is 34.2. The molecule has 0 aliphatic carbocycles. The number of hydrogen-bond donors (Lipinski definition) is 0. The number of ether oxygens (including phenoxy) is 1. The summed E-state index contributed by atoms with van der Waals surface area (Å²) in [6, 6.07) is 4.09. The van der Waals surface area contributed by atoms with Gasteiger partial charge in [0.05, 0.1) is 5.69 Å². The van der Waals surface area contributed by atoms with Gasteiger partial charge in [0.15, 0.2) is 0 Å². The molecule has 7 nitrogen and oxygen atoms in total. The highest BCUT2D eigenvalue weighted by Gasteiger charge is 2.27. The first-order chi connectivity index (χ1) is 10.7. The fraction of sp³-hybridized carbons (Fsp3) is 0.154. The minimum atomic E-state index is -3.92. The highest BCUT2D eigenvalue weighted by Crippen LogP contribution is 2.26. The van der Waals surface area contributed by atoms with Crippen molar-refractivity contribution >= 4 is 44.7 Å². The van der Waals surface area contributed by atoms with Gasteiger partial charge in [-0.25, -0.2) is 4.57 Å². The van der Waals surface area contributed by atoms with Crippen LogP contribution < -0.4 is 14.9 Å². The monoisotopic (exact) mass is 372 g/mol. The van der Waals surface area contributed by atoms with E-state index in [0.717, 1.165) is 15.9 Å². The van der Waals surface area contributed by atoms with Crippen LogP contribution in [0.2, 0.25) is 5.02 Å². The van der Waals surface area contributed by atoms with E-state index in [-0.39, 0.29) is 30.7 Å². The van der Waals surface area contributed by atoms with Gasteiger partial charge in [-0.05, 0) is 25.1 Å². The van der Waals surface area contributed by atoms with Crippen molar-refractivity contribution in [3.8, 4) is 5.69 Å². The van der Waals surface area contributed by atoms with E-state index < -0.39 is 21.6 Å². The minimum absolute atomic E-state index is 0.0220. The topological polar surface area (TPSA) is 94.8 Å². The lowest BCUT2D eigenvalue weighted by atomic mass is 10.3. The number of thiazole rings is 1. The van der Waals surface area contributed by atoms with Crippen LogP contribution in [0.15, 0.2) is 32.3 Å². The van der Waals surface area contributed by atoms with Crippen LogP contribution in [0.3, 0.4) is 0 Å². The van der Waals surface area contributed by atoms with Crippen molar-refractivity contribution < 1.29 is 17.9 Å². The summed E-state index contributed by atoms with van der Waals surface area (Å²) in [5.41, 5.74) is -0.392. The van der Waals surface area contributed by atoms with E-state index >= 15 is 0 Å². The molecule has 120 valence electrons. The highest BCUT2D eigenvalue weighted by atomic mass is 35.5. The van der Waals surface area contributed by atoms with Crippen molar-refractivity contribution in [2.45, 2.75) is 18.7 Å². The maximum atomic E-state index is 12.6. The molecule has 0 atom stereocenters. The number of rotatable bonds is 1. The average molecular weight is 373 g/mol. The van der Waals surface area contributed by atoms with Crippen LogP contribution in [-0.2, 0) is 19.6 Å². The summed E-state index contributed by atoms with van der Waals surface area (Å²) in [6.45, 7) is 2.66. The molecule has 23 heavy (non-hydrogen) atoms. The van der Waals surface area contributed by atoms with E-state index in [2.05, 4.69) is 4.40 Å². The maximum absolute atomic E-state index is 12.6. The number of hydrogen-bond acceptors (Lipinski definition) is 6. The van der Waals surface area contributed by atoms with Crippen LogP contribution >= 0.6 is 22.9 Å². The van der Waals surface area contributed by atoms with Gasteiger partial charge in [-0.15, -0.1) is 4.40 Å². The Morgan fingerprint density at radius 3 is 2.70 bits per heavy atom. The Morgan fingerprint density at radius 2 is 2.04 bits per heavy atom. The van der Waals surface area contributed by atoms with Gasteiger partial charge in [-0.1, -0.05) is 22.9 Å². The van der Waals surface area contributed by atoms with Crippen LogP contribution in [0.5, 0.6) is 0 Å². The molecule has 2 heterocycles. The fourth-order valence-electron chi connectivity index (χ4n) is 2.16. The van der Waals surface area contributed by atoms with Crippen molar-refractivity contribution in [1.82, 2.24) is 4.57 Å². The summed E-state index contributed by atoms with van der Waals surface area (Å²) in [5, 5.41) is 0.284. The molecule has 3 rings (SSSR count). The minimum Gasteiger partial charge on any atom is -0.430 e. The third-order valence-electron chi connectivity index (χ3n) is 3.04. The normalized spacial score (nSPS) is 16.0. The lowest BCUT2D eigenvalue weighted by Gasteiger charge is -2.12. The summed E-state index contributed by atoms with van der Waals surface area (Å²) >= 11 is 6.75. The number of fused-ring (bicyclic) bond motifs is 3. The Bertz CT molecular complexity index is 1130. The second kappa shape index (κ2) is 5.29. The second-order valence-electron chi connectivity index (χ2n) is 4.68. The summed E-state index contributed by atoms with van der Waals surface area (Å²) in [4.78, 5) is 23.5. The molecule has 1 aromatic carbocycles. The molecule has 1 aromatic heterocycles. The Hall–Kier alpha value is -1.97. The maximum Gasteiger partial charge on any atom is 0.307 e. The summed E-state index contributed by atoms with van der Waals surface area (Å²) in [7, 11) is -3.92. The first kappa shape index (κ1) is 15.9. The van der Waals surface area contributed by atoms with Crippen LogP contribution in [0.4, 0.5) is 0 Å². The van der Waals surface area contributed by atoms with Gasteiger partial charge >= 0.3 is 5.97 Å². The van der Waals surface area contributed by atoms with Crippen LogP contribution in [0.25, 0.3) is 11.4 Å². The number of carbonyl (C=O) groups excluding carboxylic acids is 1. The lowest BCUT2D eigenvalue weighted by Crippen LogP contribution is -2.34. The zero-order valence-corrected chi connectivity index (χ0v) is 14.3. The average Bonchev–Trinajstić information content (AvgIpc) is 2.73. The number of sulfonamides is 1. The Kier molecular flexibility index (Phi) is 3.66. The Balaban J connectivity index is 2.47. The van der Waals surface area contributed by atoms with Gasteiger partial charge in [-0.2, -0.15) is 8.42 Å². The zero-order valence-electron chi connectivity index (χ0n) is 11.9. The highest BCUT2D eigenvalue weighted by molar-refractivity contribution is 7.90. The molecule has 0 amide bonds. The first-order valence-electron chi connectivity index (χ1n) is 6.27. The number of carbonyl (C=O) groups is 1. The molecule has 0 radical (unpaired) electrons. The zero-order chi connectivity index (χ0) is 16.9. The number of nitrogens with zero attached hydrogens (tertiary/aromatic N) is 2.